The molecule has 0 saturated carbocycles. The molecule has 1 saturated heterocycles. The van der Waals surface area contributed by atoms with Crippen molar-refractivity contribution in [1.29, 1.82) is 0 Å². The summed E-state index contributed by atoms with van der Waals surface area (Å²) in [6.07, 6.45) is 4.36. The van der Waals surface area contributed by atoms with E-state index in [2.05, 4.69) is 20.2 Å². The number of rotatable bonds is 5. The Hall–Kier alpha value is -3.81. The number of aromatic nitrogens is 2. The van der Waals surface area contributed by atoms with Gasteiger partial charge in [-0.3, -0.25) is 9.78 Å². The largest absolute Gasteiger partial charge is 0.478 e. The van der Waals surface area contributed by atoms with Gasteiger partial charge in [0.05, 0.1) is 16.8 Å². The number of hydrogen-bond acceptors (Lipinski definition) is 5. The standard InChI is InChI=1S/C23H21FN4O3/c24-18-3-1-2-15(12-18)20-6-4-16(13-25-20)22(29)27-19-8-10-28(11-9-19)21-7-5-17(14-26-21)23(30)31/h1-7,12-14,19H,8-11H2,(H,27,29)(H,30,31). The van der Waals surface area contributed by atoms with Gasteiger partial charge in [0, 0.05) is 37.1 Å². The molecular weight excluding hydrogens is 399 g/mol. The Kier molecular flexibility index (Phi) is 5.88. The zero-order chi connectivity index (χ0) is 21.8. The Bertz CT molecular complexity index is 1080. The fraction of sp³-hybridized carbons (Fsp3) is 0.217. The molecule has 0 spiro atoms. The number of carbonyl (C=O) groups excluding carboxylic acids is 1. The Labute approximate surface area is 178 Å². The van der Waals surface area contributed by atoms with Gasteiger partial charge in [-0.25, -0.2) is 14.2 Å². The number of hydrogen-bond donors (Lipinski definition) is 2. The minimum absolute atomic E-state index is 0.0324. The number of piperidine rings is 1. The van der Waals surface area contributed by atoms with Crippen molar-refractivity contribution < 1.29 is 19.1 Å². The summed E-state index contributed by atoms with van der Waals surface area (Å²) in [5.74, 6) is -0.799. The van der Waals surface area contributed by atoms with E-state index in [1.165, 1.54) is 24.5 Å². The van der Waals surface area contributed by atoms with Crippen molar-refractivity contribution in [3.63, 3.8) is 0 Å². The number of carboxylic acids is 1. The molecule has 3 heterocycles. The van der Waals surface area contributed by atoms with E-state index < -0.39 is 5.97 Å². The molecule has 2 aromatic heterocycles. The number of halogens is 1. The molecule has 1 aromatic carbocycles. The zero-order valence-electron chi connectivity index (χ0n) is 16.7. The summed E-state index contributed by atoms with van der Waals surface area (Å²) in [6, 6.07) is 12.8. The third-order valence-electron chi connectivity index (χ3n) is 5.30. The maximum atomic E-state index is 13.4. The van der Waals surface area contributed by atoms with Gasteiger partial charge in [-0.2, -0.15) is 0 Å². The van der Waals surface area contributed by atoms with Crippen LogP contribution in [0, 0.1) is 5.82 Å². The van der Waals surface area contributed by atoms with Crippen LogP contribution >= 0.6 is 0 Å². The smallest absolute Gasteiger partial charge is 0.337 e. The third-order valence-corrected chi connectivity index (χ3v) is 5.30. The normalized spacial score (nSPS) is 14.3. The number of carboxylic acid groups (broad SMARTS) is 1. The van der Waals surface area contributed by atoms with E-state index in [0.717, 1.165) is 18.7 Å². The van der Waals surface area contributed by atoms with Gasteiger partial charge in [-0.05, 0) is 49.2 Å². The average molecular weight is 420 g/mol. The van der Waals surface area contributed by atoms with Gasteiger partial charge in [-0.15, -0.1) is 0 Å². The van der Waals surface area contributed by atoms with Crippen molar-refractivity contribution in [1.82, 2.24) is 15.3 Å². The lowest BCUT2D eigenvalue weighted by atomic mass is 10.0. The number of aromatic carboxylic acids is 1. The van der Waals surface area contributed by atoms with Gasteiger partial charge in [0.25, 0.3) is 5.91 Å². The third kappa shape index (κ3) is 4.85. The van der Waals surface area contributed by atoms with Gasteiger partial charge < -0.3 is 15.3 Å². The molecule has 0 atom stereocenters. The van der Waals surface area contributed by atoms with Gasteiger partial charge >= 0.3 is 5.97 Å². The van der Waals surface area contributed by atoms with E-state index in [-0.39, 0.29) is 23.3 Å². The van der Waals surface area contributed by atoms with E-state index in [0.29, 0.717) is 29.9 Å². The molecule has 158 valence electrons. The molecule has 8 heteroatoms. The summed E-state index contributed by atoms with van der Waals surface area (Å²) in [6.45, 7) is 1.42. The fourth-order valence-electron chi connectivity index (χ4n) is 3.57. The molecule has 0 radical (unpaired) electrons. The minimum Gasteiger partial charge on any atom is -0.478 e. The monoisotopic (exact) mass is 420 g/mol. The SMILES string of the molecule is O=C(O)c1ccc(N2CCC(NC(=O)c3ccc(-c4cccc(F)c4)nc3)CC2)nc1. The van der Waals surface area contributed by atoms with Crippen molar-refractivity contribution in [2.45, 2.75) is 18.9 Å². The zero-order valence-corrected chi connectivity index (χ0v) is 16.7. The molecule has 1 amide bonds. The molecule has 0 bridgehead atoms. The van der Waals surface area contributed by atoms with Crippen LogP contribution < -0.4 is 10.2 Å². The van der Waals surface area contributed by atoms with Crippen LogP contribution in [-0.4, -0.2) is 46.1 Å². The molecular formula is C23H21FN4O3. The van der Waals surface area contributed by atoms with Crippen molar-refractivity contribution in [3.05, 3.63) is 77.9 Å². The predicted octanol–water partition coefficient (Wildman–Crippen LogP) is 3.38. The molecule has 0 aliphatic carbocycles. The van der Waals surface area contributed by atoms with E-state index >= 15 is 0 Å². The fourth-order valence-corrected chi connectivity index (χ4v) is 3.57. The van der Waals surface area contributed by atoms with Crippen molar-refractivity contribution in [2.75, 3.05) is 18.0 Å². The van der Waals surface area contributed by atoms with Crippen LogP contribution in [0.5, 0.6) is 0 Å². The van der Waals surface area contributed by atoms with Crippen LogP contribution in [0.25, 0.3) is 11.3 Å². The summed E-state index contributed by atoms with van der Waals surface area (Å²) in [4.78, 5) is 34.1. The quantitative estimate of drug-likeness (QED) is 0.657. The molecule has 7 nitrogen and oxygen atoms in total. The summed E-state index contributed by atoms with van der Waals surface area (Å²) in [5.41, 5.74) is 1.87. The van der Waals surface area contributed by atoms with E-state index in [9.17, 15) is 14.0 Å². The second kappa shape index (κ2) is 8.91. The second-order valence-corrected chi connectivity index (χ2v) is 7.39. The lowest BCUT2D eigenvalue weighted by molar-refractivity contribution is 0.0696. The molecule has 31 heavy (non-hydrogen) atoms. The number of nitrogens with zero attached hydrogens (tertiary/aromatic N) is 3. The molecule has 1 aliphatic rings. The van der Waals surface area contributed by atoms with E-state index in [1.54, 1.807) is 36.4 Å². The number of amides is 1. The Balaban J connectivity index is 1.32. The van der Waals surface area contributed by atoms with Crippen LogP contribution in [0.1, 0.15) is 33.6 Å². The predicted molar refractivity (Wildman–Crippen MR) is 114 cm³/mol. The molecule has 0 unspecified atom stereocenters. The minimum atomic E-state index is -1.00. The first-order chi connectivity index (χ1) is 15.0. The number of pyridine rings is 2. The number of anilines is 1. The first kappa shape index (κ1) is 20.5. The van der Waals surface area contributed by atoms with Gasteiger partial charge in [-0.1, -0.05) is 12.1 Å². The maximum Gasteiger partial charge on any atom is 0.337 e. The Morgan fingerprint density at radius 3 is 2.35 bits per heavy atom. The van der Waals surface area contributed by atoms with Gasteiger partial charge in [0.15, 0.2) is 0 Å². The highest BCUT2D eigenvalue weighted by Crippen LogP contribution is 2.20. The molecule has 2 N–H and O–H groups in total. The summed E-state index contributed by atoms with van der Waals surface area (Å²) < 4.78 is 13.4. The lowest BCUT2D eigenvalue weighted by Crippen LogP contribution is -2.45. The average Bonchev–Trinajstić information content (AvgIpc) is 2.80. The Morgan fingerprint density at radius 2 is 1.74 bits per heavy atom. The van der Waals surface area contributed by atoms with Crippen molar-refractivity contribution >= 4 is 17.7 Å². The summed E-state index contributed by atoms with van der Waals surface area (Å²) >= 11 is 0. The van der Waals surface area contributed by atoms with E-state index in [1.807, 2.05) is 0 Å². The first-order valence-electron chi connectivity index (χ1n) is 9.97. The van der Waals surface area contributed by atoms with Gasteiger partial charge in [0.2, 0.25) is 0 Å². The van der Waals surface area contributed by atoms with Crippen LogP contribution in [0.4, 0.5) is 10.2 Å². The summed E-state index contributed by atoms with van der Waals surface area (Å²) in [5, 5.41) is 12.0. The number of benzene rings is 1. The van der Waals surface area contributed by atoms with Crippen LogP contribution in [0.2, 0.25) is 0 Å². The number of nitrogens with one attached hydrogen (secondary N) is 1. The number of carbonyl (C=O) groups is 2. The van der Waals surface area contributed by atoms with Crippen LogP contribution in [0.3, 0.4) is 0 Å². The second-order valence-electron chi connectivity index (χ2n) is 7.39. The molecule has 1 fully saturated rings. The Morgan fingerprint density at radius 1 is 1.00 bits per heavy atom. The van der Waals surface area contributed by atoms with E-state index in [4.69, 9.17) is 5.11 Å². The molecule has 3 aromatic rings. The van der Waals surface area contributed by atoms with Crippen LogP contribution in [0.15, 0.2) is 60.9 Å². The maximum absolute atomic E-state index is 13.4. The lowest BCUT2D eigenvalue weighted by Gasteiger charge is -2.33. The highest BCUT2D eigenvalue weighted by molar-refractivity contribution is 5.94. The van der Waals surface area contributed by atoms with Crippen molar-refractivity contribution in [3.8, 4) is 11.3 Å². The molecule has 1 aliphatic heterocycles. The topological polar surface area (TPSA) is 95.4 Å². The van der Waals surface area contributed by atoms with Gasteiger partial charge in [0.1, 0.15) is 11.6 Å². The first-order valence-corrected chi connectivity index (χ1v) is 9.97. The highest BCUT2D eigenvalue weighted by atomic mass is 19.1. The highest BCUT2D eigenvalue weighted by Gasteiger charge is 2.22. The van der Waals surface area contributed by atoms with Crippen LogP contribution in [-0.2, 0) is 0 Å². The van der Waals surface area contributed by atoms with Crippen molar-refractivity contribution in [2.24, 2.45) is 0 Å². The molecule has 4 rings (SSSR count). The summed E-state index contributed by atoms with van der Waals surface area (Å²) in [7, 11) is 0.